The van der Waals surface area contributed by atoms with Gasteiger partial charge in [-0.3, -0.25) is 4.90 Å². The zero-order valence-electron chi connectivity index (χ0n) is 15.0. The zero-order chi connectivity index (χ0) is 16.9. The van der Waals surface area contributed by atoms with Gasteiger partial charge in [0.2, 0.25) is 0 Å². The number of nitrogens with zero attached hydrogens (tertiary/aromatic N) is 2. The summed E-state index contributed by atoms with van der Waals surface area (Å²) in [6.45, 7) is 9.66. The highest BCUT2D eigenvalue weighted by Gasteiger charge is 2.16. The van der Waals surface area contributed by atoms with E-state index in [1.165, 1.54) is 5.56 Å². The number of aliphatic imine (C=N–C) groups is 1. The molecule has 24 heavy (non-hydrogen) atoms. The van der Waals surface area contributed by atoms with Crippen LogP contribution in [0.4, 0.5) is 0 Å². The zero-order valence-corrected chi connectivity index (χ0v) is 17.3. The van der Waals surface area contributed by atoms with E-state index in [-0.39, 0.29) is 35.6 Å². The molecule has 2 rings (SSSR count). The summed E-state index contributed by atoms with van der Waals surface area (Å²) in [6, 6.07) is 8.54. The summed E-state index contributed by atoms with van der Waals surface area (Å²) >= 11 is 0. The van der Waals surface area contributed by atoms with Gasteiger partial charge in [-0.05, 0) is 44.7 Å². The molecule has 5 nitrogen and oxygen atoms in total. The van der Waals surface area contributed by atoms with Gasteiger partial charge < -0.3 is 16.2 Å². The first kappa shape index (κ1) is 21.2. The van der Waals surface area contributed by atoms with E-state index in [0.29, 0.717) is 12.5 Å². The summed E-state index contributed by atoms with van der Waals surface area (Å²) in [4.78, 5) is 6.77. The molecular formula is C18H31IN4O. The number of nitrogens with one attached hydrogen (secondary N) is 1. The van der Waals surface area contributed by atoms with Crippen LogP contribution in [0.25, 0.3) is 0 Å². The van der Waals surface area contributed by atoms with Gasteiger partial charge in [0.1, 0.15) is 0 Å². The second-order valence-electron chi connectivity index (χ2n) is 7.40. The highest BCUT2D eigenvalue weighted by atomic mass is 127. The number of benzene rings is 1. The molecule has 1 aromatic carbocycles. The average Bonchev–Trinajstić information content (AvgIpc) is 2.47. The van der Waals surface area contributed by atoms with Gasteiger partial charge in [0, 0.05) is 25.2 Å². The SMILES string of the molecule is CC(C)(C)NC(N)=NCc1ccc(CN2CCC(O)CC2)cc1.I. The molecule has 1 aliphatic heterocycles. The lowest BCUT2D eigenvalue weighted by Crippen LogP contribution is -2.44. The van der Waals surface area contributed by atoms with Crippen molar-refractivity contribution >= 4 is 29.9 Å². The summed E-state index contributed by atoms with van der Waals surface area (Å²) in [5.41, 5.74) is 8.27. The van der Waals surface area contributed by atoms with Crippen LogP contribution in [0.1, 0.15) is 44.7 Å². The van der Waals surface area contributed by atoms with Crippen LogP contribution in [0.2, 0.25) is 0 Å². The van der Waals surface area contributed by atoms with Gasteiger partial charge in [-0.2, -0.15) is 0 Å². The van der Waals surface area contributed by atoms with Crippen molar-refractivity contribution in [1.82, 2.24) is 10.2 Å². The first-order chi connectivity index (χ1) is 10.8. The summed E-state index contributed by atoms with van der Waals surface area (Å²) in [5, 5.41) is 12.7. The number of hydrogen-bond acceptors (Lipinski definition) is 3. The molecule has 0 unspecified atom stereocenters. The van der Waals surface area contributed by atoms with Crippen LogP contribution in [-0.4, -0.2) is 40.7 Å². The smallest absolute Gasteiger partial charge is 0.189 e. The number of aliphatic hydroxyl groups excluding tert-OH is 1. The lowest BCUT2D eigenvalue weighted by molar-refractivity contribution is 0.0792. The quantitative estimate of drug-likeness (QED) is 0.378. The summed E-state index contributed by atoms with van der Waals surface area (Å²) < 4.78 is 0. The minimum absolute atomic E-state index is 0. The van der Waals surface area contributed by atoms with E-state index in [1.807, 2.05) is 0 Å². The Bertz CT molecular complexity index is 517. The van der Waals surface area contributed by atoms with Gasteiger partial charge in [0.05, 0.1) is 12.6 Å². The van der Waals surface area contributed by atoms with Crippen molar-refractivity contribution in [3.8, 4) is 0 Å². The predicted molar refractivity (Wildman–Crippen MR) is 111 cm³/mol. The van der Waals surface area contributed by atoms with Crippen molar-refractivity contribution in [2.24, 2.45) is 10.7 Å². The van der Waals surface area contributed by atoms with E-state index in [0.717, 1.165) is 38.0 Å². The minimum Gasteiger partial charge on any atom is -0.393 e. The molecule has 4 N–H and O–H groups in total. The third-order valence-electron chi connectivity index (χ3n) is 3.92. The summed E-state index contributed by atoms with van der Waals surface area (Å²) in [7, 11) is 0. The van der Waals surface area contributed by atoms with Crippen LogP contribution in [-0.2, 0) is 13.1 Å². The van der Waals surface area contributed by atoms with E-state index in [2.05, 4.69) is 60.2 Å². The van der Waals surface area contributed by atoms with Crippen LogP contribution in [0.5, 0.6) is 0 Å². The number of likely N-dealkylation sites (tertiary alicyclic amines) is 1. The number of aliphatic hydroxyl groups is 1. The number of hydrogen-bond donors (Lipinski definition) is 3. The molecule has 0 radical (unpaired) electrons. The Hall–Kier alpha value is -0.860. The Labute approximate surface area is 162 Å². The minimum atomic E-state index is -0.112. The topological polar surface area (TPSA) is 73.9 Å². The van der Waals surface area contributed by atoms with E-state index in [9.17, 15) is 5.11 Å². The first-order valence-corrected chi connectivity index (χ1v) is 8.38. The molecule has 0 bridgehead atoms. The molecule has 0 aromatic heterocycles. The highest BCUT2D eigenvalue weighted by molar-refractivity contribution is 14.0. The van der Waals surface area contributed by atoms with Crippen molar-refractivity contribution < 1.29 is 5.11 Å². The number of guanidine groups is 1. The van der Waals surface area contributed by atoms with Crippen LogP contribution in [0.15, 0.2) is 29.3 Å². The molecular weight excluding hydrogens is 415 g/mol. The third kappa shape index (κ3) is 7.81. The molecule has 0 amide bonds. The maximum atomic E-state index is 9.55. The molecule has 0 aliphatic carbocycles. The number of rotatable bonds is 4. The Morgan fingerprint density at radius 3 is 2.29 bits per heavy atom. The van der Waals surface area contributed by atoms with Gasteiger partial charge in [-0.15, -0.1) is 24.0 Å². The normalized spacial score (nSPS) is 17.4. The second kappa shape index (κ2) is 9.58. The summed E-state index contributed by atoms with van der Waals surface area (Å²) in [6.07, 6.45) is 1.65. The van der Waals surface area contributed by atoms with Crippen molar-refractivity contribution in [3.63, 3.8) is 0 Å². The van der Waals surface area contributed by atoms with E-state index >= 15 is 0 Å². The molecule has 1 saturated heterocycles. The monoisotopic (exact) mass is 446 g/mol. The van der Waals surface area contributed by atoms with Gasteiger partial charge in [-0.1, -0.05) is 24.3 Å². The highest BCUT2D eigenvalue weighted by Crippen LogP contribution is 2.14. The maximum Gasteiger partial charge on any atom is 0.189 e. The maximum absolute atomic E-state index is 9.55. The summed E-state index contributed by atoms with van der Waals surface area (Å²) in [5.74, 6) is 0.480. The van der Waals surface area contributed by atoms with Crippen LogP contribution in [0.3, 0.4) is 0 Å². The van der Waals surface area contributed by atoms with E-state index in [4.69, 9.17) is 5.73 Å². The Kier molecular flexibility index (Phi) is 8.45. The van der Waals surface area contributed by atoms with E-state index < -0.39 is 0 Å². The lowest BCUT2D eigenvalue weighted by atomic mass is 10.1. The molecule has 136 valence electrons. The van der Waals surface area contributed by atoms with Crippen LogP contribution in [0, 0.1) is 0 Å². The van der Waals surface area contributed by atoms with Crippen LogP contribution < -0.4 is 11.1 Å². The molecule has 1 aliphatic rings. The molecule has 6 heteroatoms. The molecule has 0 saturated carbocycles. The first-order valence-electron chi connectivity index (χ1n) is 8.38. The van der Waals surface area contributed by atoms with Crippen molar-refractivity contribution in [2.75, 3.05) is 13.1 Å². The molecule has 0 spiro atoms. The van der Waals surface area contributed by atoms with Gasteiger partial charge in [-0.25, -0.2) is 4.99 Å². The van der Waals surface area contributed by atoms with Crippen molar-refractivity contribution in [2.45, 2.75) is 58.3 Å². The molecule has 0 atom stereocenters. The standard InChI is InChI=1S/C18H30N4O.HI/c1-18(2,3)21-17(19)20-12-14-4-6-15(7-5-14)13-22-10-8-16(23)9-11-22;/h4-7,16,23H,8-13H2,1-3H3,(H3,19,20,21);1H. The van der Waals surface area contributed by atoms with Crippen LogP contribution >= 0.6 is 24.0 Å². The molecule has 1 fully saturated rings. The average molecular weight is 446 g/mol. The number of piperidine rings is 1. The third-order valence-corrected chi connectivity index (χ3v) is 3.92. The Morgan fingerprint density at radius 2 is 1.75 bits per heavy atom. The molecule has 1 heterocycles. The largest absolute Gasteiger partial charge is 0.393 e. The van der Waals surface area contributed by atoms with Crippen molar-refractivity contribution in [1.29, 1.82) is 0 Å². The molecule has 1 aromatic rings. The number of nitrogens with two attached hydrogens (primary N) is 1. The number of halogens is 1. The predicted octanol–water partition coefficient (Wildman–Crippen LogP) is 2.46. The Balaban J connectivity index is 0.00000288. The fourth-order valence-electron chi connectivity index (χ4n) is 2.69. The fourth-order valence-corrected chi connectivity index (χ4v) is 2.69. The van der Waals surface area contributed by atoms with E-state index in [1.54, 1.807) is 0 Å². The second-order valence-corrected chi connectivity index (χ2v) is 7.40. The van der Waals surface area contributed by atoms with Gasteiger partial charge in [0.25, 0.3) is 0 Å². The Morgan fingerprint density at radius 1 is 1.21 bits per heavy atom. The van der Waals surface area contributed by atoms with Crippen molar-refractivity contribution in [3.05, 3.63) is 35.4 Å². The van der Waals surface area contributed by atoms with Gasteiger partial charge >= 0.3 is 0 Å². The lowest BCUT2D eigenvalue weighted by Gasteiger charge is -2.29. The van der Waals surface area contributed by atoms with Gasteiger partial charge in [0.15, 0.2) is 5.96 Å². The fraction of sp³-hybridized carbons (Fsp3) is 0.611.